The molecule has 4 rings (SSSR count). The molecule has 0 saturated carbocycles. The minimum atomic E-state index is -1.03. The van der Waals surface area contributed by atoms with Gasteiger partial charge in [-0.15, -0.1) is 0 Å². The topological polar surface area (TPSA) is 78.7 Å². The number of hydrogen-bond acceptors (Lipinski definition) is 5. The Labute approximate surface area is 157 Å². The van der Waals surface area contributed by atoms with Gasteiger partial charge < -0.3 is 10.0 Å². The molecule has 0 aliphatic carbocycles. The summed E-state index contributed by atoms with van der Waals surface area (Å²) in [6, 6.07) is 14.5. The number of nitrogens with zero attached hydrogens (tertiary/aromatic N) is 4. The highest BCUT2D eigenvalue weighted by Crippen LogP contribution is 2.35. The molecule has 0 spiro atoms. The van der Waals surface area contributed by atoms with Crippen molar-refractivity contribution < 1.29 is 9.90 Å². The number of fused-ring (bicyclic) bond motifs is 2. The molecule has 136 valence electrons. The van der Waals surface area contributed by atoms with Gasteiger partial charge in [0.15, 0.2) is 11.6 Å². The van der Waals surface area contributed by atoms with Crippen molar-refractivity contribution in [2.45, 2.75) is 26.3 Å². The monoisotopic (exact) mass is 360 g/mol. The molecule has 6 heteroatoms. The third-order valence-electron chi connectivity index (χ3n) is 4.88. The fourth-order valence-electron chi connectivity index (χ4n) is 3.13. The summed E-state index contributed by atoms with van der Waals surface area (Å²) in [5.74, 6) is 0.109. The molecule has 2 aromatic carbocycles. The average Bonchev–Trinajstić information content (AvgIpc) is 3.09. The summed E-state index contributed by atoms with van der Waals surface area (Å²) in [5, 5.41) is 11.5. The molecule has 6 nitrogen and oxygen atoms in total. The van der Waals surface area contributed by atoms with Crippen LogP contribution < -0.4 is 4.90 Å². The molecule has 1 aromatic heterocycles. The smallest absolute Gasteiger partial charge is 0.350 e. The van der Waals surface area contributed by atoms with E-state index in [9.17, 15) is 9.90 Å². The van der Waals surface area contributed by atoms with Gasteiger partial charge in [0.2, 0.25) is 0 Å². The number of carboxylic acids is 1. The molecule has 0 bridgehead atoms. The fraction of sp³-hybridized carbons (Fsp3) is 0.238. The molecule has 1 aliphatic rings. The van der Waals surface area contributed by atoms with Gasteiger partial charge in [0.25, 0.3) is 0 Å². The summed E-state index contributed by atoms with van der Waals surface area (Å²) in [6.07, 6.45) is 0.203. The first-order valence-corrected chi connectivity index (χ1v) is 8.88. The second kappa shape index (κ2) is 6.46. The Hall–Kier alpha value is -3.28. The molecule has 1 aliphatic heterocycles. The summed E-state index contributed by atoms with van der Waals surface area (Å²) in [5.41, 5.74) is 2.34. The van der Waals surface area contributed by atoms with Crippen LogP contribution in [0.25, 0.3) is 22.0 Å². The molecule has 1 N–H and O–H groups in total. The summed E-state index contributed by atoms with van der Waals surface area (Å²) in [7, 11) is 1.97. The van der Waals surface area contributed by atoms with Gasteiger partial charge in [0.1, 0.15) is 11.4 Å². The molecule has 0 saturated heterocycles. The maximum absolute atomic E-state index is 11.3. The lowest BCUT2D eigenvalue weighted by atomic mass is 10.0. The summed E-state index contributed by atoms with van der Waals surface area (Å²) >= 11 is 0. The first-order valence-electron chi connectivity index (χ1n) is 8.88. The van der Waals surface area contributed by atoms with E-state index in [0.29, 0.717) is 17.2 Å². The van der Waals surface area contributed by atoms with Crippen LogP contribution in [0.15, 0.2) is 47.5 Å². The zero-order chi connectivity index (χ0) is 19.1. The van der Waals surface area contributed by atoms with Crippen LogP contribution >= 0.6 is 0 Å². The van der Waals surface area contributed by atoms with Crippen molar-refractivity contribution in [3.8, 4) is 11.3 Å². The first kappa shape index (κ1) is 17.1. The molecule has 0 unspecified atom stereocenters. The molecule has 27 heavy (non-hydrogen) atoms. The summed E-state index contributed by atoms with van der Waals surface area (Å²) in [6.45, 7) is 4.16. The van der Waals surface area contributed by atoms with E-state index in [1.807, 2.05) is 25.2 Å². The van der Waals surface area contributed by atoms with E-state index in [2.05, 4.69) is 48.0 Å². The number of aromatic nitrogens is 2. The molecule has 0 fully saturated rings. The van der Waals surface area contributed by atoms with Gasteiger partial charge in [-0.1, -0.05) is 36.4 Å². The molecule has 3 aromatic rings. The van der Waals surface area contributed by atoms with Crippen LogP contribution in [0, 0.1) is 0 Å². The third-order valence-corrected chi connectivity index (χ3v) is 4.88. The number of benzene rings is 2. The molecule has 2 heterocycles. The van der Waals surface area contributed by atoms with E-state index in [1.54, 1.807) is 0 Å². The normalized spacial score (nSPS) is 13.0. The van der Waals surface area contributed by atoms with Crippen LogP contribution in [-0.4, -0.2) is 39.8 Å². The Balaban J connectivity index is 1.91. The maximum Gasteiger partial charge on any atom is 0.350 e. The van der Waals surface area contributed by atoms with Gasteiger partial charge in [-0.05, 0) is 30.7 Å². The molecule has 0 radical (unpaired) electrons. The van der Waals surface area contributed by atoms with Crippen LogP contribution in [0.3, 0.4) is 0 Å². The summed E-state index contributed by atoms with van der Waals surface area (Å²) < 4.78 is 0. The van der Waals surface area contributed by atoms with E-state index in [0.717, 1.165) is 22.2 Å². The van der Waals surface area contributed by atoms with Gasteiger partial charge in [-0.3, -0.25) is 0 Å². The predicted octanol–water partition coefficient (Wildman–Crippen LogP) is 3.85. The molecular formula is C21H20N4O2. The Morgan fingerprint density at radius 3 is 2.56 bits per heavy atom. The minimum absolute atomic E-state index is 0.0822. The van der Waals surface area contributed by atoms with Crippen molar-refractivity contribution in [3.05, 3.63) is 48.2 Å². The Morgan fingerprint density at radius 1 is 1.11 bits per heavy atom. The van der Waals surface area contributed by atoms with Crippen molar-refractivity contribution in [1.29, 1.82) is 0 Å². The molecule has 0 amide bonds. The Kier molecular flexibility index (Phi) is 4.11. The Morgan fingerprint density at radius 2 is 1.85 bits per heavy atom. The van der Waals surface area contributed by atoms with E-state index >= 15 is 0 Å². The highest BCUT2D eigenvalue weighted by Gasteiger charge is 2.26. The number of carboxylic acid groups (broad SMARTS) is 1. The quantitative estimate of drug-likeness (QED) is 0.764. The largest absolute Gasteiger partial charge is 0.477 e. The SMILES string of the molecule is CC(C)N(C)c1nc2c(nc1-c1ccc3ccccc3c1)N=C(C(=O)O)C2. The second-order valence-corrected chi connectivity index (χ2v) is 6.97. The lowest BCUT2D eigenvalue weighted by molar-refractivity contribution is -0.129. The van der Waals surface area contributed by atoms with E-state index < -0.39 is 5.97 Å². The predicted molar refractivity (Wildman–Crippen MR) is 107 cm³/mol. The lowest BCUT2D eigenvalue weighted by Crippen LogP contribution is -2.28. The van der Waals surface area contributed by atoms with Crippen LogP contribution in [0.2, 0.25) is 0 Å². The zero-order valence-electron chi connectivity index (χ0n) is 15.5. The number of anilines is 1. The van der Waals surface area contributed by atoms with Crippen LogP contribution in [0.5, 0.6) is 0 Å². The van der Waals surface area contributed by atoms with Crippen LogP contribution in [0.4, 0.5) is 11.6 Å². The average molecular weight is 360 g/mol. The van der Waals surface area contributed by atoms with Crippen molar-refractivity contribution >= 4 is 34.1 Å². The fourth-order valence-corrected chi connectivity index (χ4v) is 3.13. The van der Waals surface area contributed by atoms with Crippen molar-refractivity contribution in [1.82, 2.24) is 9.97 Å². The third kappa shape index (κ3) is 3.03. The van der Waals surface area contributed by atoms with Crippen LogP contribution in [0.1, 0.15) is 19.5 Å². The van der Waals surface area contributed by atoms with Gasteiger partial charge in [0.05, 0.1) is 5.69 Å². The number of rotatable bonds is 4. The van der Waals surface area contributed by atoms with E-state index in [1.165, 1.54) is 0 Å². The highest BCUT2D eigenvalue weighted by molar-refractivity contribution is 6.37. The van der Waals surface area contributed by atoms with Gasteiger partial charge in [-0.2, -0.15) is 0 Å². The van der Waals surface area contributed by atoms with Crippen molar-refractivity contribution in [2.24, 2.45) is 4.99 Å². The zero-order valence-corrected chi connectivity index (χ0v) is 15.5. The highest BCUT2D eigenvalue weighted by atomic mass is 16.4. The lowest BCUT2D eigenvalue weighted by Gasteiger charge is -2.25. The summed E-state index contributed by atoms with van der Waals surface area (Å²) in [4.78, 5) is 27.0. The van der Waals surface area contributed by atoms with Crippen molar-refractivity contribution in [2.75, 3.05) is 11.9 Å². The molecule has 0 atom stereocenters. The van der Waals surface area contributed by atoms with E-state index in [-0.39, 0.29) is 18.2 Å². The number of aliphatic imine (C=N–C) groups is 1. The van der Waals surface area contributed by atoms with Crippen LogP contribution in [-0.2, 0) is 11.2 Å². The van der Waals surface area contributed by atoms with Gasteiger partial charge in [0, 0.05) is 25.1 Å². The van der Waals surface area contributed by atoms with Gasteiger partial charge >= 0.3 is 5.97 Å². The number of hydrogen-bond donors (Lipinski definition) is 1. The second-order valence-electron chi connectivity index (χ2n) is 6.97. The molecular weight excluding hydrogens is 340 g/mol. The first-order chi connectivity index (χ1) is 12.9. The number of aliphatic carboxylic acids is 1. The number of carbonyl (C=O) groups is 1. The maximum atomic E-state index is 11.3. The van der Waals surface area contributed by atoms with Crippen molar-refractivity contribution in [3.63, 3.8) is 0 Å². The standard InChI is InChI=1S/C21H20N4O2/c1-12(2)25(3)20-18(15-9-8-13-6-4-5-7-14(13)10-15)24-19-16(23-20)11-17(22-19)21(26)27/h4-10,12H,11H2,1-3H3,(H,26,27). The van der Waals surface area contributed by atoms with Gasteiger partial charge in [-0.25, -0.2) is 19.8 Å². The minimum Gasteiger partial charge on any atom is -0.477 e. The Bertz CT molecular complexity index is 1090. The van der Waals surface area contributed by atoms with E-state index in [4.69, 9.17) is 9.97 Å².